The number of nitrogens with zero attached hydrogens (tertiary/aromatic N) is 6. The second-order valence-corrected chi connectivity index (χ2v) is 11.7. The van der Waals surface area contributed by atoms with Crippen LogP contribution in [0.1, 0.15) is 55.0 Å². The van der Waals surface area contributed by atoms with Crippen LogP contribution >= 0.6 is 0 Å². The standard InChI is InChI=1S/C23H34N6O4S/c1-16-13-19(21-22(24-16)29-8-6-4-5-7-20(29)25-21)23(30)26-9-11-27(12-10-26)34(31,32)28-14-17(2)33-18(3)15-28/h13,17-18H,4-12,14-15H2,1-3H3. The molecule has 2 saturated heterocycles. The van der Waals surface area contributed by atoms with Crippen LogP contribution in [0.15, 0.2) is 6.07 Å². The summed E-state index contributed by atoms with van der Waals surface area (Å²) in [5.74, 6) is 0.902. The van der Waals surface area contributed by atoms with Gasteiger partial charge in [-0.2, -0.15) is 17.0 Å². The number of pyridine rings is 1. The summed E-state index contributed by atoms with van der Waals surface area (Å²) in [5, 5.41) is 0. The van der Waals surface area contributed by atoms with Crippen LogP contribution in [0.25, 0.3) is 11.2 Å². The molecule has 34 heavy (non-hydrogen) atoms. The van der Waals surface area contributed by atoms with Crippen molar-refractivity contribution in [3.63, 3.8) is 0 Å². The minimum absolute atomic E-state index is 0.102. The summed E-state index contributed by atoms with van der Waals surface area (Å²) in [4.78, 5) is 24.8. The zero-order valence-electron chi connectivity index (χ0n) is 20.2. The first-order valence-corrected chi connectivity index (χ1v) is 13.7. The molecule has 3 aliphatic heterocycles. The molecule has 0 aromatic carbocycles. The Balaban J connectivity index is 1.33. The van der Waals surface area contributed by atoms with E-state index in [4.69, 9.17) is 14.7 Å². The van der Waals surface area contributed by atoms with Crippen molar-refractivity contribution in [1.29, 1.82) is 0 Å². The Morgan fingerprint density at radius 2 is 1.68 bits per heavy atom. The Labute approximate surface area is 201 Å². The first-order chi connectivity index (χ1) is 16.2. The van der Waals surface area contributed by atoms with Gasteiger partial charge in [-0.15, -0.1) is 0 Å². The molecule has 11 heteroatoms. The van der Waals surface area contributed by atoms with E-state index in [1.165, 1.54) is 15.0 Å². The molecule has 5 rings (SSSR count). The van der Waals surface area contributed by atoms with Crippen LogP contribution in [0.2, 0.25) is 0 Å². The topological polar surface area (TPSA) is 101 Å². The highest BCUT2D eigenvalue weighted by Crippen LogP contribution is 2.26. The molecule has 2 aromatic heterocycles. The predicted octanol–water partition coefficient (Wildman–Crippen LogP) is 1.58. The number of piperazine rings is 1. The number of ether oxygens (including phenoxy) is 1. The smallest absolute Gasteiger partial charge is 0.282 e. The van der Waals surface area contributed by atoms with E-state index in [0.717, 1.165) is 43.0 Å². The third kappa shape index (κ3) is 4.34. The van der Waals surface area contributed by atoms with E-state index in [9.17, 15) is 13.2 Å². The van der Waals surface area contributed by atoms with E-state index >= 15 is 0 Å². The van der Waals surface area contributed by atoms with Gasteiger partial charge >= 0.3 is 0 Å². The highest BCUT2D eigenvalue weighted by Gasteiger charge is 2.37. The maximum absolute atomic E-state index is 13.5. The van der Waals surface area contributed by atoms with Crippen molar-refractivity contribution in [2.45, 2.75) is 65.2 Å². The highest BCUT2D eigenvalue weighted by atomic mass is 32.2. The maximum Gasteiger partial charge on any atom is 0.282 e. The van der Waals surface area contributed by atoms with E-state index < -0.39 is 10.2 Å². The Morgan fingerprint density at radius 1 is 0.971 bits per heavy atom. The van der Waals surface area contributed by atoms with Crippen molar-refractivity contribution in [2.24, 2.45) is 0 Å². The lowest BCUT2D eigenvalue weighted by atomic mass is 10.1. The van der Waals surface area contributed by atoms with Gasteiger partial charge in [0.25, 0.3) is 16.1 Å². The zero-order chi connectivity index (χ0) is 24.0. The van der Waals surface area contributed by atoms with E-state index in [-0.39, 0.29) is 31.2 Å². The maximum atomic E-state index is 13.5. The van der Waals surface area contributed by atoms with Gasteiger partial charge < -0.3 is 14.2 Å². The Kier molecular flexibility index (Phi) is 6.38. The SMILES string of the molecule is Cc1cc(C(=O)N2CCN(S(=O)(=O)N3CC(C)OC(C)C3)CC2)c2nc3n(c2n1)CCCCC3. The molecule has 0 aliphatic carbocycles. The Bertz CT molecular complexity index is 1180. The molecule has 2 unspecified atom stereocenters. The lowest BCUT2D eigenvalue weighted by Gasteiger charge is -2.40. The first-order valence-electron chi connectivity index (χ1n) is 12.3. The monoisotopic (exact) mass is 490 g/mol. The fourth-order valence-electron chi connectivity index (χ4n) is 5.35. The van der Waals surface area contributed by atoms with Gasteiger partial charge in [0.2, 0.25) is 0 Å². The third-order valence-electron chi connectivity index (χ3n) is 6.99. The number of fused-ring (bicyclic) bond motifs is 3. The minimum atomic E-state index is -3.59. The van der Waals surface area contributed by atoms with Gasteiger partial charge in [-0.25, -0.2) is 9.97 Å². The van der Waals surface area contributed by atoms with Gasteiger partial charge in [-0.3, -0.25) is 4.79 Å². The van der Waals surface area contributed by atoms with Crippen molar-refractivity contribution in [2.75, 3.05) is 39.3 Å². The number of carbonyl (C=O) groups is 1. The second kappa shape index (κ2) is 9.18. The van der Waals surface area contributed by atoms with Crippen LogP contribution in [-0.4, -0.2) is 93.8 Å². The Morgan fingerprint density at radius 3 is 2.38 bits per heavy atom. The number of aryl methyl sites for hydroxylation is 3. The van der Waals surface area contributed by atoms with Gasteiger partial charge in [0, 0.05) is 57.9 Å². The molecular weight excluding hydrogens is 456 g/mol. The molecule has 0 saturated carbocycles. The van der Waals surface area contributed by atoms with Gasteiger partial charge in [0.15, 0.2) is 5.65 Å². The van der Waals surface area contributed by atoms with Crippen LogP contribution in [0.5, 0.6) is 0 Å². The molecular formula is C23H34N6O4S. The zero-order valence-corrected chi connectivity index (χ0v) is 21.1. The van der Waals surface area contributed by atoms with Gasteiger partial charge in [-0.05, 0) is 39.7 Å². The normalized spacial score (nSPS) is 25.3. The highest BCUT2D eigenvalue weighted by molar-refractivity contribution is 7.86. The van der Waals surface area contributed by atoms with Gasteiger partial charge in [-0.1, -0.05) is 6.42 Å². The summed E-state index contributed by atoms with van der Waals surface area (Å²) in [7, 11) is -3.59. The molecule has 1 amide bonds. The van der Waals surface area contributed by atoms with Crippen LogP contribution in [0.4, 0.5) is 0 Å². The minimum Gasteiger partial charge on any atom is -0.373 e. The van der Waals surface area contributed by atoms with E-state index in [1.807, 2.05) is 26.8 Å². The van der Waals surface area contributed by atoms with Crippen molar-refractivity contribution < 1.29 is 17.9 Å². The van der Waals surface area contributed by atoms with E-state index in [1.54, 1.807) is 4.90 Å². The summed E-state index contributed by atoms with van der Waals surface area (Å²) in [6, 6.07) is 1.82. The summed E-state index contributed by atoms with van der Waals surface area (Å²) < 4.78 is 37.3. The number of aromatic nitrogens is 3. The number of carbonyl (C=O) groups excluding carboxylic acids is 1. The number of morpholine rings is 1. The average molecular weight is 491 g/mol. The number of rotatable bonds is 3. The van der Waals surface area contributed by atoms with E-state index in [2.05, 4.69) is 4.57 Å². The Hall–Kier alpha value is -2.08. The number of imidazole rings is 1. The van der Waals surface area contributed by atoms with Gasteiger partial charge in [0.05, 0.1) is 17.8 Å². The average Bonchev–Trinajstić information content (AvgIpc) is 2.98. The second-order valence-electron chi connectivity index (χ2n) is 9.75. The fourth-order valence-corrected chi connectivity index (χ4v) is 7.10. The van der Waals surface area contributed by atoms with E-state index in [0.29, 0.717) is 37.3 Å². The molecule has 5 heterocycles. The molecule has 0 bridgehead atoms. The molecule has 2 fully saturated rings. The molecule has 0 radical (unpaired) electrons. The van der Waals surface area contributed by atoms with Crippen molar-refractivity contribution in [1.82, 2.24) is 28.0 Å². The lowest BCUT2D eigenvalue weighted by molar-refractivity contribution is -0.0457. The summed E-state index contributed by atoms with van der Waals surface area (Å²) in [6.45, 7) is 8.53. The lowest BCUT2D eigenvalue weighted by Crippen LogP contribution is -2.57. The fraction of sp³-hybridized carbons (Fsp3) is 0.696. The molecule has 0 spiro atoms. The van der Waals surface area contributed by atoms with Crippen molar-refractivity contribution >= 4 is 27.3 Å². The number of hydrogen-bond donors (Lipinski definition) is 0. The van der Waals surface area contributed by atoms with Crippen molar-refractivity contribution in [3.05, 3.63) is 23.1 Å². The third-order valence-corrected chi connectivity index (χ3v) is 8.96. The van der Waals surface area contributed by atoms with Crippen LogP contribution < -0.4 is 0 Å². The van der Waals surface area contributed by atoms with Crippen LogP contribution in [0, 0.1) is 6.92 Å². The van der Waals surface area contributed by atoms with Gasteiger partial charge in [0.1, 0.15) is 11.3 Å². The predicted molar refractivity (Wildman–Crippen MR) is 128 cm³/mol. The quantitative estimate of drug-likeness (QED) is 0.648. The summed E-state index contributed by atoms with van der Waals surface area (Å²) in [5.41, 5.74) is 2.81. The molecule has 10 nitrogen and oxygen atoms in total. The molecule has 186 valence electrons. The first kappa shape index (κ1) is 23.7. The summed E-state index contributed by atoms with van der Waals surface area (Å²) >= 11 is 0. The molecule has 2 atom stereocenters. The number of hydrogen-bond acceptors (Lipinski definition) is 6. The molecule has 0 N–H and O–H groups in total. The molecule has 2 aromatic rings. The number of amides is 1. The summed E-state index contributed by atoms with van der Waals surface area (Å²) in [6.07, 6.45) is 4.00. The van der Waals surface area contributed by atoms with Crippen LogP contribution in [0.3, 0.4) is 0 Å². The largest absolute Gasteiger partial charge is 0.373 e. The van der Waals surface area contributed by atoms with Crippen molar-refractivity contribution in [3.8, 4) is 0 Å². The van der Waals surface area contributed by atoms with Crippen LogP contribution in [-0.2, 0) is 27.9 Å². The molecule has 3 aliphatic rings.